The Balaban J connectivity index is 2.27. The van der Waals surface area contributed by atoms with Crippen LogP contribution in [0.1, 0.15) is 36.9 Å². The number of halogens is 2. The monoisotopic (exact) mass is 433 g/mol. The number of nitro groups is 1. The van der Waals surface area contributed by atoms with E-state index in [0.29, 0.717) is 17.0 Å². The van der Waals surface area contributed by atoms with Crippen LogP contribution in [0.4, 0.5) is 5.69 Å². The van der Waals surface area contributed by atoms with Crippen LogP contribution >= 0.6 is 23.2 Å². The second-order valence-corrected chi connectivity index (χ2v) is 7.25. The molecule has 0 aliphatic rings. The standard InChI is InChI=1S/C20H17Cl2N3O4/c1-2-4-17(26)24-18(12-7-6-11(21)9-15(12)22)14-10-16(25(28)29)13-5-3-8-23-19(13)20(14)27/h3,5-10,18,27H,2,4H2,1H3,(H,24,26)/t18-/m0/s1. The Labute approximate surface area is 176 Å². The number of aromatic hydroxyl groups is 1. The average Bonchev–Trinajstić information content (AvgIpc) is 2.67. The van der Waals surface area contributed by atoms with Crippen molar-refractivity contribution in [2.45, 2.75) is 25.8 Å². The first kappa shape index (κ1) is 20.8. The fourth-order valence-electron chi connectivity index (χ4n) is 3.12. The fraction of sp³-hybridized carbons (Fsp3) is 0.200. The van der Waals surface area contributed by atoms with Gasteiger partial charge in [0.1, 0.15) is 11.3 Å². The number of phenolic OH excluding ortho intramolecular Hbond substituents is 1. The quantitative estimate of drug-likeness (QED) is 0.412. The van der Waals surface area contributed by atoms with Gasteiger partial charge in [0.2, 0.25) is 5.91 Å². The number of rotatable bonds is 6. The molecule has 1 aromatic heterocycles. The molecule has 0 radical (unpaired) electrons. The summed E-state index contributed by atoms with van der Waals surface area (Å²) in [5.74, 6) is -0.550. The van der Waals surface area contributed by atoms with E-state index in [4.69, 9.17) is 23.2 Å². The van der Waals surface area contributed by atoms with Gasteiger partial charge >= 0.3 is 0 Å². The summed E-state index contributed by atoms with van der Waals surface area (Å²) < 4.78 is 0. The highest BCUT2D eigenvalue weighted by molar-refractivity contribution is 6.35. The number of benzene rings is 2. The largest absolute Gasteiger partial charge is 0.505 e. The van der Waals surface area contributed by atoms with Gasteiger partial charge in [0.15, 0.2) is 0 Å². The van der Waals surface area contributed by atoms with E-state index in [1.54, 1.807) is 18.2 Å². The number of phenols is 1. The Bertz CT molecular complexity index is 1100. The maximum Gasteiger partial charge on any atom is 0.279 e. The van der Waals surface area contributed by atoms with E-state index in [-0.39, 0.29) is 45.3 Å². The van der Waals surface area contributed by atoms with Gasteiger partial charge in [-0.15, -0.1) is 0 Å². The molecule has 0 saturated heterocycles. The third kappa shape index (κ3) is 4.26. The van der Waals surface area contributed by atoms with E-state index in [2.05, 4.69) is 10.3 Å². The molecule has 3 rings (SSSR count). The summed E-state index contributed by atoms with van der Waals surface area (Å²) >= 11 is 12.3. The van der Waals surface area contributed by atoms with Crippen LogP contribution in [0.25, 0.3) is 10.9 Å². The molecule has 1 heterocycles. The summed E-state index contributed by atoms with van der Waals surface area (Å²) in [6.07, 6.45) is 2.28. The Hall–Kier alpha value is -2.90. The van der Waals surface area contributed by atoms with Crippen molar-refractivity contribution in [3.63, 3.8) is 0 Å². The van der Waals surface area contributed by atoms with Crippen LogP contribution in [0.15, 0.2) is 42.6 Å². The lowest BCUT2D eigenvalue weighted by molar-refractivity contribution is -0.383. The van der Waals surface area contributed by atoms with Gasteiger partial charge in [0, 0.05) is 34.3 Å². The number of hydrogen-bond acceptors (Lipinski definition) is 5. The van der Waals surface area contributed by atoms with Crippen LogP contribution in [-0.2, 0) is 4.79 Å². The molecule has 29 heavy (non-hydrogen) atoms. The van der Waals surface area contributed by atoms with Crippen molar-refractivity contribution in [2.75, 3.05) is 0 Å². The molecule has 0 aliphatic carbocycles. The van der Waals surface area contributed by atoms with E-state index in [0.717, 1.165) is 0 Å². The third-order valence-electron chi connectivity index (χ3n) is 4.44. The number of nitro benzene ring substituents is 1. The zero-order valence-electron chi connectivity index (χ0n) is 15.4. The van der Waals surface area contributed by atoms with Crippen LogP contribution in [0.2, 0.25) is 10.0 Å². The molecule has 0 fully saturated rings. The van der Waals surface area contributed by atoms with Crippen LogP contribution in [0.5, 0.6) is 5.75 Å². The van der Waals surface area contributed by atoms with Crippen molar-refractivity contribution >= 4 is 45.7 Å². The second-order valence-electron chi connectivity index (χ2n) is 6.41. The lowest BCUT2D eigenvalue weighted by Gasteiger charge is -2.22. The van der Waals surface area contributed by atoms with Crippen LogP contribution in [0, 0.1) is 10.1 Å². The van der Waals surface area contributed by atoms with Gasteiger partial charge < -0.3 is 10.4 Å². The van der Waals surface area contributed by atoms with Gasteiger partial charge in [-0.25, -0.2) is 0 Å². The minimum Gasteiger partial charge on any atom is -0.505 e. The Morgan fingerprint density at radius 3 is 2.69 bits per heavy atom. The molecule has 7 nitrogen and oxygen atoms in total. The minimum atomic E-state index is -0.927. The van der Waals surface area contributed by atoms with E-state index in [1.807, 2.05) is 6.92 Å². The zero-order valence-corrected chi connectivity index (χ0v) is 16.9. The summed E-state index contributed by atoms with van der Waals surface area (Å²) in [6.45, 7) is 1.85. The molecule has 0 spiro atoms. The van der Waals surface area contributed by atoms with Gasteiger partial charge in [-0.05, 0) is 36.2 Å². The highest BCUT2D eigenvalue weighted by Gasteiger charge is 2.28. The summed E-state index contributed by atoms with van der Waals surface area (Å²) in [4.78, 5) is 27.5. The molecule has 150 valence electrons. The Kier molecular flexibility index (Phi) is 6.20. The van der Waals surface area contributed by atoms with Gasteiger partial charge in [0.05, 0.1) is 16.4 Å². The molecule has 2 aromatic carbocycles. The lowest BCUT2D eigenvalue weighted by Crippen LogP contribution is -2.29. The van der Waals surface area contributed by atoms with Gasteiger partial charge in [-0.1, -0.05) is 36.2 Å². The summed E-state index contributed by atoms with van der Waals surface area (Å²) in [5, 5.41) is 26.2. The smallest absolute Gasteiger partial charge is 0.279 e. The Morgan fingerprint density at radius 1 is 1.28 bits per heavy atom. The zero-order chi connectivity index (χ0) is 21.1. The van der Waals surface area contributed by atoms with Crippen molar-refractivity contribution in [1.82, 2.24) is 10.3 Å². The topological polar surface area (TPSA) is 105 Å². The third-order valence-corrected chi connectivity index (χ3v) is 5.00. The van der Waals surface area contributed by atoms with E-state index in [1.165, 1.54) is 24.4 Å². The number of nitrogens with one attached hydrogen (secondary N) is 1. The number of non-ortho nitro benzene ring substituents is 1. The summed E-state index contributed by atoms with van der Waals surface area (Å²) in [7, 11) is 0. The van der Waals surface area contributed by atoms with E-state index < -0.39 is 11.0 Å². The van der Waals surface area contributed by atoms with Gasteiger partial charge in [0.25, 0.3) is 5.69 Å². The SMILES string of the molecule is CCCC(=O)N[C@@H](c1ccc(Cl)cc1Cl)c1cc([N+](=O)[O-])c2cccnc2c1O. The molecule has 3 aromatic rings. The molecule has 1 atom stereocenters. The van der Waals surface area contributed by atoms with Crippen molar-refractivity contribution in [1.29, 1.82) is 0 Å². The fourth-order valence-corrected chi connectivity index (χ4v) is 3.64. The predicted octanol–water partition coefficient (Wildman–Crippen LogP) is 5.16. The molecule has 0 saturated carbocycles. The number of fused-ring (bicyclic) bond motifs is 1. The number of carbonyl (C=O) groups is 1. The molecule has 1 amide bonds. The normalized spacial score (nSPS) is 12.0. The molecule has 2 N–H and O–H groups in total. The highest BCUT2D eigenvalue weighted by atomic mass is 35.5. The molecule has 9 heteroatoms. The number of carbonyl (C=O) groups excluding carboxylic acids is 1. The first-order valence-corrected chi connectivity index (χ1v) is 9.58. The van der Waals surface area contributed by atoms with Crippen molar-refractivity contribution in [2.24, 2.45) is 0 Å². The number of amides is 1. The van der Waals surface area contributed by atoms with Gasteiger partial charge in [-0.3, -0.25) is 19.9 Å². The molecular formula is C20H17Cl2N3O4. The number of nitrogens with zero attached hydrogens (tertiary/aromatic N) is 2. The van der Waals surface area contributed by atoms with E-state index in [9.17, 15) is 20.0 Å². The summed E-state index contributed by atoms with van der Waals surface area (Å²) in [6, 6.07) is 8.06. The first-order chi connectivity index (χ1) is 13.8. The van der Waals surface area contributed by atoms with Crippen molar-refractivity contribution in [3.8, 4) is 5.75 Å². The van der Waals surface area contributed by atoms with E-state index >= 15 is 0 Å². The van der Waals surface area contributed by atoms with Crippen LogP contribution in [-0.4, -0.2) is 20.9 Å². The van der Waals surface area contributed by atoms with Crippen molar-refractivity contribution < 1.29 is 14.8 Å². The number of aromatic nitrogens is 1. The average molecular weight is 434 g/mol. The molecular weight excluding hydrogens is 417 g/mol. The highest BCUT2D eigenvalue weighted by Crippen LogP contribution is 2.41. The number of pyridine rings is 1. The van der Waals surface area contributed by atoms with Crippen LogP contribution in [0.3, 0.4) is 0 Å². The maximum absolute atomic E-state index is 12.4. The first-order valence-electron chi connectivity index (χ1n) is 8.82. The summed E-state index contributed by atoms with van der Waals surface area (Å²) in [5.41, 5.74) is 0.397. The van der Waals surface area contributed by atoms with Crippen molar-refractivity contribution in [3.05, 3.63) is 73.9 Å². The van der Waals surface area contributed by atoms with Gasteiger partial charge in [-0.2, -0.15) is 0 Å². The minimum absolute atomic E-state index is 0.0662. The maximum atomic E-state index is 12.4. The molecule has 0 aliphatic heterocycles. The molecule has 0 unspecified atom stereocenters. The lowest BCUT2D eigenvalue weighted by atomic mass is 9.95. The van der Waals surface area contributed by atoms with Crippen LogP contribution < -0.4 is 5.32 Å². The predicted molar refractivity (Wildman–Crippen MR) is 111 cm³/mol. The molecule has 0 bridgehead atoms. The number of hydrogen-bond donors (Lipinski definition) is 2. The second kappa shape index (κ2) is 8.63. The Morgan fingerprint density at radius 2 is 2.03 bits per heavy atom.